The van der Waals surface area contributed by atoms with E-state index in [1.54, 1.807) is 24.3 Å². The van der Waals surface area contributed by atoms with Gasteiger partial charge < -0.3 is 4.74 Å². The van der Waals surface area contributed by atoms with Crippen LogP contribution in [0.25, 0.3) is 11.4 Å². The average molecular weight is 484 g/mol. The molecular formula is C31H37N3O2. The normalized spacial score (nSPS) is 10.7. The van der Waals surface area contributed by atoms with Crippen molar-refractivity contribution in [3.05, 3.63) is 77.1 Å². The number of hydrogen-bond donors (Lipinski definition) is 0. The maximum atomic E-state index is 12.6. The van der Waals surface area contributed by atoms with E-state index in [4.69, 9.17) is 4.74 Å². The predicted molar refractivity (Wildman–Crippen MR) is 144 cm³/mol. The number of carbonyl (C=O) groups is 1. The third-order valence-corrected chi connectivity index (χ3v) is 6.31. The Balaban J connectivity index is 1.51. The maximum absolute atomic E-state index is 12.6. The number of nitrogens with zero attached hydrogens (tertiary/aromatic N) is 3. The molecule has 188 valence electrons. The number of esters is 1. The fourth-order valence-corrected chi connectivity index (χ4v) is 4.21. The highest BCUT2D eigenvalue weighted by atomic mass is 16.5. The molecule has 0 aliphatic heterocycles. The van der Waals surface area contributed by atoms with Crippen molar-refractivity contribution in [2.24, 2.45) is 0 Å². The highest BCUT2D eigenvalue weighted by Gasteiger charge is 2.13. The molecule has 0 unspecified atom stereocenters. The van der Waals surface area contributed by atoms with E-state index >= 15 is 0 Å². The quantitative estimate of drug-likeness (QED) is 0.132. The van der Waals surface area contributed by atoms with Gasteiger partial charge in [-0.1, -0.05) is 83.4 Å². The summed E-state index contributed by atoms with van der Waals surface area (Å²) in [5.74, 6) is 0.414. The summed E-state index contributed by atoms with van der Waals surface area (Å²) in [6.07, 6.45) is 17.1. The van der Waals surface area contributed by atoms with Gasteiger partial charge in [-0.2, -0.15) is 5.26 Å². The number of carbonyl (C=O) groups excluding carboxylic acids is 1. The molecule has 0 amide bonds. The number of hydrogen-bond acceptors (Lipinski definition) is 5. The van der Waals surface area contributed by atoms with Crippen molar-refractivity contribution in [3.63, 3.8) is 0 Å². The average Bonchev–Trinajstić information content (AvgIpc) is 2.91. The van der Waals surface area contributed by atoms with Gasteiger partial charge in [-0.25, -0.2) is 14.8 Å². The minimum Gasteiger partial charge on any atom is -0.422 e. The Morgan fingerprint density at radius 2 is 1.47 bits per heavy atom. The summed E-state index contributed by atoms with van der Waals surface area (Å²) >= 11 is 0. The molecule has 0 aliphatic carbocycles. The Morgan fingerprint density at radius 1 is 0.806 bits per heavy atom. The molecule has 5 nitrogen and oxygen atoms in total. The molecule has 5 heteroatoms. The molecule has 36 heavy (non-hydrogen) atoms. The Labute approximate surface area is 215 Å². The van der Waals surface area contributed by atoms with Gasteiger partial charge in [0, 0.05) is 18.0 Å². The van der Waals surface area contributed by atoms with Crippen LogP contribution < -0.4 is 4.74 Å². The zero-order valence-electron chi connectivity index (χ0n) is 21.6. The number of aryl methyl sites for hydroxylation is 2. The molecule has 0 saturated carbocycles. The predicted octanol–water partition coefficient (Wildman–Crippen LogP) is 7.87. The molecule has 0 radical (unpaired) electrons. The maximum Gasteiger partial charge on any atom is 0.343 e. The summed E-state index contributed by atoms with van der Waals surface area (Å²) in [7, 11) is 0. The minimum atomic E-state index is -0.497. The van der Waals surface area contributed by atoms with E-state index in [1.165, 1.54) is 51.4 Å². The molecule has 0 bridgehead atoms. The van der Waals surface area contributed by atoms with E-state index in [-0.39, 0.29) is 5.75 Å². The zero-order valence-corrected chi connectivity index (χ0v) is 21.6. The SMILES string of the molecule is CCCCCCCCCCc1cnc(-c2ccc(C(=O)Oc3ccc(CCC)cc3C#N)cc2)nc1. The van der Waals surface area contributed by atoms with Crippen molar-refractivity contribution in [3.8, 4) is 23.2 Å². The number of unbranched alkanes of at least 4 members (excludes halogenated alkanes) is 7. The Morgan fingerprint density at radius 3 is 2.11 bits per heavy atom. The van der Waals surface area contributed by atoms with Gasteiger partial charge in [-0.15, -0.1) is 0 Å². The Hall–Kier alpha value is -3.52. The second-order valence-corrected chi connectivity index (χ2v) is 9.30. The third-order valence-electron chi connectivity index (χ3n) is 6.31. The molecule has 0 fully saturated rings. The molecule has 3 rings (SSSR count). The standard InChI is InChI=1S/C31H37N3O2/c1-3-5-6-7-8-9-10-11-13-25-22-33-30(34-23-25)26-15-17-27(18-16-26)31(35)36-29-19-14-24(12-4-2)20-28(29)21-32/h14-20,22-23H,3-13H2,1-2H3. The van der Waals surface area contributed by atoms with Gasteiger partial charge in [-0.05, 0) is 54.7 Å². The molecule has 2 aromatic carbocycles. The molecule has 0 spiro atoms. The van der Waals surface area contributed by atoms with Crippen molar-refractivity contribution in [1.82, 2.24) is 9.97 Å². The summed E-state index contributed by atoms with van der Waals surface area (Å²) in [6.45, 7) is 4.33. The van der Waals surface area contributed by atoms with Crippen LogP contribution in [0.2, 0.25) is 0 Å². The smallest absolute Gasteiger partial charge is 0.343 e. The zero-order chi connectivity index (χ0) is 25.6. The van der Waals surface area contributed by atoms with Gasteiger partial charge in [0.05, 0.1) is 11.1 Å². The van der Waals surface area contributed by atoms with Gasteiger partial charge in [-0.3, -0.25) is 0 Å². The van der Waals surface area contributed by atoms with E-state index in [9.17, 15) is 10.1 Å². The van der Waals surface area contributed by atoms with Crippen LogP contribution in [0.3, 0.4) is 0 Å². The first-order valence-corrected chi connectivity index (χ1v) is 13.3. The molecule has 0 saturated heterocycles. The number of aromatic nitrogens is 2. The Bertz CT molecular complexity index is 1130. The van der Waals surface area contributed by atoms with Crippen molar-refractivity contribution in [2.45, 2.75) is 84.5 Å². The van der Waals surface area contributed by atoms with Crippen LogP contribution in [0, 0.1) is 11.3 Å². The van der Waals surface area contributed by atoms with Crippen LogP contribution in [0.4, 0.5) is 0 Å². The molecule has 1 aromatic heterocycles. The summed E-state index contributed by atoms with van der Waals surface area (Å²) in [6, 6.07) is 14.5. The lowest BCUT2D eigenvalue weighted by molar-refractivity contribution is 0.0734. The van der Waals surface area contributed by atoms with Gasteiger partial charge in [0.15, 0.2) is 5.82 Å². The lowest BCUT2D eigenvalue weighted by Gasteiger charge is -2.08. The van der Waals surface area contributed by atoms with Crippen LogP contribution in [0.15, 0.2) is 54.9 Å². The number of rotatable bonds is 14. The summed E-state index contributed by atoms with van der Waals surface area (Å²) in [4.78, 5) is 21.7. The van der Waals surface area contributed by atoms with Gasteiger partial charge >= 0.3 is 5.97 Å². The van der Waals surface area contributed by atoms with Crippen LogP contribution >= 0.6 is 0 Å². The topological polar surface area (TPSA) is 75.9 Å². The molecule has 0 aliphatic rings. The van der Waals surface area contributed by atoms with Gasteiger partial charge in [0.2, 0.25) is 0 Å². The minimum absolute atomic E-state index is 0.279. The van der Waals surface area contributed by atoms with E-state index < -0.39 is 5.97 Å². The highest BCUT2D eigenvalue weighted by molar-refractivity contribution is 5.91. The molecule has 3 aromatic rings. The van der Waals surface area contributed by atoms with Crippen LogP contribution in [0.5, 0.6) is 5.75 Å². The first-order chi connectivity index (χ1) is 17.6. The number of benzene rings is 2. The second-order valence-electron chi connectivity index (χ2n) is 9.30. The van der Waals surface area contributed by atoms with Crippen molar-refractivity contribution >= 4 is 5.97 Å². The van der Waals surface area contributed by atoms with Crippen LogP contribution in [0.1, 0.15) is 98.7 Å². The van der Waals surface area contributed by atoms with E-state index in [2.05, 4.69) is 29.9 Å². The highest BCUT2D eigenvalue weighted by Crippen LogP contribution is 2.22. The van der Waals surface area contributed by atoms with Gasteiger partial charge in [0.25, 0.3) is 0 Å². The van der Waals surface area contributed by atoms with Crippen molar-refractivity contribution in [2.75, 3.05) is 0 Å². The summed E-state index contributed by atoms with van der Waals surface area (Å²) in [5, 5.41) is 9.43. The lowest BCUT2D eigenvalue weighted by atomic mass is 10.1. The van der Waals surface area contributed by atoms with E-state index in [0.717, 1.165) is 36.0 Å². The first-order valence-electron chi connectivity index (χ1n) is 13.3. The molecule has 0 N–H and O–H groups in total. The molecular weight excluding hydrogens is 446 g/mol. The van der Waals surface area contributed by atoms with Crippen molar-refractivity contribution < 1.29 is 9.53 Å². The van der Waals surface area contributed by atoms with Gasteiger partial charge in [0.1, 0.15) is 11.8 Å². The molecule has 0 atom stereocenters. The van der Waals surface area contributed by atoms with Crippen LogP contribution in [-0.4, -0.2) is 15.9 Å². The summed E-state index contributed by atoms with van der Waals surface area (Å²) < 4.78 is 5.50. The third kappa shape index (κ3) is 8.30. The number of nitriles is 1. The van der Waals surface area contributed by atoms with Crippen molar-refractivity contribution in [1.29, 1.82) is 5.26 Å². The first kappa shape index (κ1) is 27.1. The fourth-order valence-electron chi connectivity index (χ4n) is 4.21. The van der Waals surface area contributed by atoms with Crippen LogP contribution in [-0.2, 0) is 12.8 Å². The Kier molecular flexibility index (Phi) is 11.1. The van der Waals surface area contributed by atoms with E-state index in [1.807, 2.05) is 30.6 Å². The van der Waals surface area contributed by atoms with E-state index in [0.29, 0.717) is 17.0 Å². The summed E-state index contributed by atoms with van der Waals surface area (Å²) in [5.41, 5.74) is 3.83. The lowest BCUT2D eigenvalue weighted by Crippen LogP contribution is -2.09. The monoisotopic (exact) mass is 483 g/mol. The second kappa shape index (κ2) is 14.8. The molecule has 1 heterocycles. The fraction of sp³-hybridized carbons (Fsp3) is 0.419. The largest absolute Gasteiger partial charge is 0.422 e. The number of ether oxygens (including phenoxy) is 1.